The number of amides is 1. The fourth-order valence-electron chi connectivity index (χ4n) is 0.877. The fourth-order valence-corrected chi connectivity index (χ4v) is 0.877. The highest BCUT2D eigenvalue weighted by atomic mass is 16.4. The third-order valence-electron chi connectivity index (χ3n) is 1.75. The molecular weight excluding hydrogens is 214 g/mol. The van der Waals surface area contributed by atoms with Crippen molar-refractivity contribution in [3.63, 3.8) is 0 Å². The molecule has 1 aromatic heterocycles. The summed E-state index contributed by atoms with van der Waals surface area (Å²) < 4.78 is 0. The maximum Gasteiger partial charge on any atom is 0.334 e. The Balaban J connectivity index is 2.53. The van der Waals surface area contributed by atoms with E-state index in [0.29, 0.717) is 5.69 Å². The first-order valence-corrected chi connectivity index (χ1v) is 4.48. The van der Waals surface area contributed by atoms with Gasteiger partial charge in [0.05, 0.1) is 18.4 Å². The molecule has 1 aromatic rings. The minimum absolute atomic E-state index is 0.0724. The van der Waals surface area contributed by atoms with Gasteiger partial charge in [-0.1, -0.05) is 0 Å². The summed E-state index contributed by atoms with van der Waals surface area (Å²) in [6.45, 7) is 1.35. The molecule has 1 atom stereocenters. The number of aliphatic carboxylic acids is 1. The van der Waals surface area contributed by atoms with Gasteiger partial charge in [-0.05, 0) is 6.92 Å². The van der Waals surface area contributed by atoms with Gasteiger partial charge in [0.2, 0.25) is 0 Å². The van der Waals surface area contributed by atoms with Crippen LogP contribution in [0.4, 0.5) is 0 Å². The highest BCUT2D eigenvalue weighted by Gasteiger charge is 2.15. The lowest BCUT2D eigenvalue weighted by atomic mass is 10.3. The summed E-state index contributed by atoms with van der Waals surface area (Å²) in [5, 5.41) is 19.5. The third-order valence-corrected chi connectivity index (χ3v) is 1.75. The van der Waals surface area contributed by atoms with Crippen molar-refractivity contribution in [2.45, 2.75) is 13.0 Å². The Kier molecular flexibility index (Phi) is 3.90. The molecule has 0 aliphatic carbocycles. The number of nitrogens with zero attached hydrogens (tertiary/aromatic N) is 2. The quantitative estimate of drug-likeness (QED) is 0.603. The number of aliphatic hydroxyl groups is 1. The SMILES string of the molecule is Cc1cnc(C(=O)NC[C@H](O)C(=O)O)cn1. The number of carbonyl (C=O) groups excluding carboxylic acids is 1. The van der Waals surface area contributed by atoms with E-state index in [1.807, 2.05) is 0 Å². The maximum atomic E-state index is 11.4. The van der Waals surface area contributed by atoms with Crippen molar-refractivity contribution >= 4 is 11.9 Å². The minimum Gasteiger partial charge on any atom is -0.479 e. The minimum atomic E-state index is -1.62. The Morgan fingerprint density at radius 2 is 2.12 bits per heavy atom. The summed E-state index contributed by atoms with van der Waals surface area (Å²) >= 11 is 0. The molecule has 86 valence electrons. The summed E-state index contributed by atoms with van der Waals surface area (Å²) in [4.78, 5) is 29.3. The summed E-state index contributed by atoms with van der Waals surface area (Å²) in [6, 6.07) is 0. The van der Waals surface area contributed by atoms with Gasteiger partial charge in [-0.15, -0.1) is 0 Å². The second kappa shape index (κ2) is 5.17. The lowest BCUT2D eigenvalue weighted by Crippen LogP contribution is -2.36. The summed E-state index contributed by atoms with van der Waals surface area (Å²) in [5.74, 6) is -1.97. The first-order chi connectivity index (χ1) is 7.50. The van der Waals surface area contributed by atoms with Crippen LogP contribution in [0.3, 0.4) is 0 Å². The number of carboxylic acid groups (broad SMARTS) is 1. The van der Waals surface area contributed by atoms with E-state index in [1.165, 1.54) is 12.4 Å². The van der Waals surface area contributed by atoms with Crippen LogP contribution < -0.4 is 5.32 Å². The molecule has 1 heterocycles. The second-order valence-corrected chi connectivity index (χ2v) is 3.11. The van der Waals surface area contributed by atoms with Gasteiger partial charge >= 0.3 is 5.97 Å². The van der Waals surface area contributed by atoms with E-state index in [0.717, 1.165) is 0 Å². The molecule has 3 N–H and O–H groups in total. The van der Waals surface area contributed by atoms with E-state index in [-0.39, 0.29) is 12.2 Å². The Hall–Kier alpha value is -2.02. The van der Waals surface area contributed by atoms with E-state index in [1.54, 1.807) is 6.92 Å². The predicted molar refractivity (Wildman–Crippen MR) is 52.7 cm³/mol. The number of hydrogen-bond donors (Lipinski definition) is 3. The van der Waals surface area contributed by atoms with Crippen molar-refractivity contribution in [3.05, 3.63) is 23.8 Å². The summed E-state index contributed by atoms with van der Waals surface area (Å²) in [6.07, 6.45) is 1.07. The number of nitrogens with one attached hydrogen (secondary N) is 1. The van der Waals surface area contributed by atoms with Gasteiger partial charge in [0, 0.05) is 6.20 Å². The van der Waals surface area contributed by atoms with Crippen LogP contribution in [0.25, 0.3) is 0 Å². The molecule has 16 heavy (non-hydrogen) atoms. The standard InChI is InChI=1S/C9H11N3O4/c1-5-2-11-6(3-10-5)8(14)12-4-7(13)9(15)16/h2-3,7,13H,4H2,1H3,(H,12,14)(H,15,16)/t7-/m0/s1. The Labute approximate surface area is 91.2 Å². The van der Waals surface area contributed by atoms with Crippen LogP contribution in [0.1, 0.15) is 16.2 Å². The van der Waals surface area contributed by atoms with Gasteiger partial charge in [-0.2, -0.15) is 0 Å². The largest absolute Gasteiger partial charge is 0.479 e. The topological polar surface area (TPSA) is 112 Å². The molecular formula is C9H11N3O4. The molecule has 0 saturated carbocycles. The van der Waals surface area contributed by atoms with Crippen LogP contribution in [-0.2, 0) is 4.79 Å². The van der Waals surface area contributed by atoms with Crippen molar-refractivity contribution in [2.75, 3.05) is 6.54 Å². The first-order valence-electron chi connectivity index (χ1n) is 4.48. The van der Waals surface area contributed by atoms with Crippen LogP contribution in [0.5, 0.6) is 0 Å². The summed E-state index contributed by atoms with van der Waals surface area (Å²) in [5.41, 5.74) is 0.741. The van der Waals surface area contributed by atoms with Crippen molar-refractivity contribution in [1.82, 2.24) is 15.3 Å². The zero-order valence-electron chi connectivity index (χ0n) is 8.54. The molecule has 0 saturated heterocycles. The zero-order chi connectivity index (χ0) is 12.1. The molecule has 7 nitrogen and oxygen atoms in total. The Morgan fingerprint density at radius 3 is 2.62 bits per heavy atom. The molecule has 0 unspecified atom stereocenters. The van der Waals surface area contributed by atoms with E-state index in [2.05, 4.69) is 15.3 Å². The molecule has 1 amide bonds. The van der Waals surface area contributed by atoms with Gasteiger partial charge in [-0.25, -0.2) is 9.78 Å². The lowest BCUT2D eigenvalue weighted by molar-refractivity contribution is -0.146. The number of rotatable bonds is 4. The van der Waals surface area contributed by atoms with Crippen LogP contribution in [-0.4, -0.2) is 44.7 Å². The predicted octanol–water partition coefficient (Wildman–Crippen LogP) is -1.04. The number of aromatic nitrogens is 2. The van der Waals surface area contributed by atoms with Crippen molar-refractivity contribution in [1.29, 1.82) is 0 Å². The molecule has 0 aliphatic heterocycles. The molecule has 0 radical (unpaired) electrons. The molecule has 0 aliphatic rings. The number of aliphatic hydroxyl groups excluding tert-OH is 1. The number of hydrogen-bond acceptors (Lipinski definition) is 5. The lowest BCUT2D eigenvalue weighted by Gasteiger charge is -2.06. The van der Waals surface area contributed by atoms with Crippen molar-refractivity contribution in [2.24, 2.45) is 0 Å². The fraction of sp³-hybridized carbons (Fsp3) is 0.333. The van der Waals surface area contributed by atoms with Crippen LogP contribution in [0, 0.1) is 6.92 Å². The normalized spacial score (nSPS) is 11.9. The molecule has 0 fully saturated rings. The zero-order valence-corrected chi connectivity index (χ0v) is 8.54. The molecule has 0 bridgehead atoms. The van der Waals surface area contributed by atoms with Gasteiger partial charge < -0.3 is 15.5 Å². The molecule has 0 spiro atoms. The highest BCUT2D eigenvalue weighted by Crippen LogP contribution is 1.94. The average Bonchev–Trinajstić information content (AvgIpc) is 2.26. The Morgan fingerprint density at radius 1 is 1.44 bits per heavy atom. The second-order valence-electron chi connectivity index (χ2n) is 3.11. The average molecular weight is 225 g/mol. The maximum absolute atomic E-state index is 11.4. The van der Waals surface area contributed by atoms with Crippen molar-refractivity contribution < 1.29 is 19.8 Å². The van der Waals surface area contributed by atoms with E-state index in [4.69, 9.17) is 10.2 Å². The highest BCUT2D eigenvalue weighted by molar-refractivity contribution is 5.92. The molecule has 1 rings (SSSR count). The summed E-state index contributed by atoms with van der Waals surface area (Å²) in [7, 11) is 0. The van der Waals surface area contributed by atoms with Gasteiger partial charge in [0.1, 0.15) is 5.69 Å². The Bertz CT molecular complexity index is 390. The van der Waals surface area contributed by atoms with Crippen LogP contribution in [0.2, 0.25) is 0 Å². The van der Waals surface area contributed by atoms with Gasteiger partial charge in [0.25, 0.3) is 5.91 Å². The van der Waals surface area contributed by atoms with Crippen LogP contribution in [0.15, 0.2) is 12.4 Å². The van der Waals surface area contributed by atoms with E-state index >= 15 is 0 Å². The van der Waals surface area contributed by atoms with Gasteiger partial charge in [0.15, 0.2) is 6.10 Å². The first kappa shape index (κ1) is 12.1. The van der Waals surface area contributed by atoms with Crippen LogP contribution >= 0.6 is 0 Å². The number of carbonyl (C=O) groups is 2. The van der Waals surface area contributed by atoms with E-state index in [9.17, 15) is 9.59 Å². The third kappa shape index (κ3) is 3.28. The van der Waals surface area contributed by atoms with E-state index < -0.39 is 18.0 Å². The number of carboxylic acids is 1. The van der Waals surface area contributed by atoms with Crippen molar-refractivity contribution in [3.8, 4) is 0 Å². The molecule has 7 heteroatoms. The number of aryl methyl sites for hydroxylation is 1. The monoisotopic (exact) mass is 225 g/mol. The molecule has 0 aromatic carbocycles. The smallest absolute Gasteiger partial charge is 0.334 e. The van der Waals surface area contributed by atoms with Gasteiger partial charge in [-0.3, -0.25) is 9.78 Å².